The number of aryl methyl sites for hydroxylation is 1. The first-order valence-corrected chi connectivity index (χ1v) is 5.72. The van der Waals surface area contributed by atoms with Gasteiger partial charge in [0.15, 0.2) is 0 Å². The van der Waals surface area contributed by atoms with Gasteiger partial charge < -0.3 is 9.73 Å². The third-order valence-electron chi connectivity index (χ3n) is 2.74. The van der Waals surface area contributed by atoms with Gasteiger partial charge in [0.05, 0.1) is 5.69 Å². The van der Waals surface area contributed by atoms with Crippen LogP contribution < -0.4 is 5.32 Å². The standard InChI is InChI=1S/C12H11N5O2/c1-8-10(19-12-15-7-16-17(8)12)11(18)14-6-9-3-2-4-13-5-9/h2-5,7H,6H2,1H3,(H,14,18). The fourth-order valence-electron chi connectivity index (χ4n) is 1.77. The molecule has 0 atom stereocenters. The lowest BCUT2D eigenvalue weighted by molar-refractivity contribution is 0.0924. The number of oxazole rings is 1. The number of hydrogen-bond acceptors (Lipinski definition) is 5. The molecule has 0 radical (unpaired) electrons. The zero-order valence-corrected chi connectivity index (χ0v) is 10.2. The van der Waals surface area contributed by atoms with E-state index in [1.807, 2.05) is 12.1 Å². The molecule has 3 rings (SSSR count). The van der Waals surface area contributed by atoms with E-state index in [1.165, 1.54) is 10.8 Å². The molecule has 1 N–H and O–H groups in total. The number of carbonyl (C=O) groups is 1. The predicted molar refractivity (Wildman–Crippen MR) is 65.4 cm³/mol. The molecule has 0 spiro atoms. The van der Waals surface area contributed by atoms with Crippen molar-refractivity contribution in [2.45, 2.75) is 13.5 Å². The Balaban J connectivity index is 1.77. The molecule has 0 bridgehead atoms. The van der Waals surface area contributed by atoms with Crippen molar-refractivity contribution in [2.24, 2.45) is 0 Å². The zero-order valence-electron chi connectivity index (χ0n) is 10.2. The highest BCUT2D eigenvalue weighted by atomic mass is 16.4. The Bertz CT molecular complexity index is 716. The molecule has 3 aromatic heterocycles. The number of amides is 1. The minimum Gasteiger partial charge on any atom is -0.416 e. The zero-order chi connectivity index (χ0) is 13.2. The fourth-order valence-corrected chi connectivity index (χ4v) is 1.77. The fraction of sp³-hybridized carbons (Fsp3) is 0.167. The molecule has 0 aliphatic rings. The minimum absolute atomic E-state index is 0.222. The van der Waals surface area contributed by atoms with E-state index in [0.29, 0.717) is 18.1 Å². The van der Waals surface area contributed by atoms with Gasteiger partial charge in [-0.25, -0.2) is 0 Å². The molecule has 0 aliphatic carbocycles. The van der Waals surface area contributed by atoms with Gasteiger partial charge in [-0.1, -0.05) is 6.07 Å². The van der Waals surface area contributed by atoms with Crippen LogP contribution in [0.3, 0.4) is 0 Å². The monoisotopic (exact) mass is 257 g/mol. The second-order valence-electron chi connectivity index (χ2n) is 4.01. The maximum Gasteiger partial charge on any atom is 0.325 e. The molecule has 96 valence electrons. The van der Waals surface area contributed by atoms with Crippen LogP contribution in [-0.4, -0.2) is 25.5 Å². The molecule has 0 aromatic carbocycles. The van der Waals surface area contributed by atoms with E-state index >= 15 is 0 Å². The summed E-state index contributed by atoms with van der Waals surface area (Å²) in [6.07, 6.45) is 4.76. The molecule has 7 heteroatoms. The van der Waals surface area contributed by atoms with Crippen molar-refractivity contribution in [3.05, 3.63) is 47.9 Å². The highest BCUT2D eigenvalue weighted by Gasteiger charge is 2.18. The second-order valence-corrected chi connectivity index (χ2v) is 4.01. The summed E-state index contributed by atoms with van der Waals surface area (Å²) < 4.78 is 6.84. The minimum atomic E-state index is -0.298. The lowest BCUT2D eigenvalue weighted by Crippen LogP contribution is -2.23. The van der Waals surface area contributed by atoms with Crippen molar-refractivity contribution in [2.75, 3.05) is 0 Å². The van der Waals surface area contributed by atoms with E-state index < -0.39 is 0 Å². The molecule has 0 saturated carbocycles. The summed E-state index contributed by atoms with van der Waals surface area (Å²) in [4.78, 5) is 19.9. The Hall–Kier alpha value is -2.70. The summed E-state index contributed by atoms with van der Waals surface area (Å²) in [6.45, 7) is 2.15. The maximum absolute atomic E-state index is 12.0. The van der Waals surface area contributed by atoms with Gasteiger partial charge in [-0.15, -0.1) is 0 Å². The first kappa shape index (κ1) is 11.4. The number of hydrogen-bond donors (Lipinski definition) is 1. The lowest BCUT2D eigenvalue weighted by atomic mass is 10.3. The Kier molecular flexibility index (Phi) is 2.71. The highest BCUT2D eigenvalue weighted by Crippen LogP contribution is 2.13. The van der Waals surface area contributed by atoms with E-state index in [4.69, 9.17) is 4.42 Å². The number of pyridine rings is 1. The number of aromatic nitrogens is 4. The van der Waals surface area contributed by atoms with Crippen LogP contribution in [0.4, 0.5) is 0 Å². The first-order chi connectivity index (χ1) is 9.25. The van der Waals surface area contributed by atoms with Gasteiger partial charge in [0.2, 0.25) is 5.76 Å². The van der Waals surface area contributed by atoms with Gasteiger partial charge >= 0.3 is 5.84 Å². The van der Waals surface area contributed by atoms with Crippen LogP contribution in [0.5, 0.6) is 0 Å². The van der Waals surface area contributed by atoms with E-state index in [2.05, 4.69) is 20.4 Å². The number of nitrogens with one attached hydrogen (secondary N) is 1. The smallest absolute Gasteiger partial charge is 0.325 e. The highest BCUT2D eigenvalue weighted by molar-refractivity contribution is 5.92. The van der Waals surface area contributed by atoms with Crippen molar-refractivity contribution in [1.29, 1.82) is 0 Å². The Morgan fingerprint density at radius 3 is 3.16 bits per heavy atom. The first-order valence-electron chi connectivity index (χ1n) is 5.72. The van der Waals surface area contributed by atoms with Crippen LogP contribution in [0.25, 0.3) is 5.84 Å². The van der Waals surface area contributed by atoms with Gasteiger partial charge in [-0.2, -0.15) is 14.6 Å². The summed E-state index contributed by atoms with van der Waals surface area (Å²) in [5.74, 6) is 0.233. The molecule has 0 aliphatic heterocycles. The number of fused-ring (bicyclic) bond motifs is 1. The van der Waals surface area contributed by atoms with Crippen LogP contribution in [0.15, 0.2) is 35.3 Å². The largest absolute Gasteiger partial charge is 0.416 e. The molecule has 3 aromatic rings. The molecular weight excluding hydrogens is 246 g/mol. The molecule has 1 amide bonds. The van der Waals surface area contributed by atoms with Gasteiger partial charge in [-0.3, -0.25) is 9.78 Å². The summed E-state index contributed by atoms with van der Waals surface area (Å²) in [6, 6.07) is 3.70. The van der Waals surface area contributed by atoms with Crippen molar-refractivity contribution in [3.8, 4) is 0 Å². The summed E-state index contributed by atoms with van der Waals surface area (Å²) in [7, 11) is 0. The summed E-state index contributed by atoms with van der Waals surface area (Å²) in [5, 5.41) is 6.73. The average molecular weight is 257 g/mol. The third kappa shape index (κ3) is 2.05. The molecule has 7 nitrogen and oxygen atoms in total. The number of carbonyl (C=O) groups excluding carboxylic acids is 1. The summed E-state index contributed by atoms with van der Waals surface area (Å²) in [5.41, 5.74) is 1.54. The van der Waals surface area contributed by atoms with Crippen molar-refractivity contribution in [1.82, 2.24) is 24.9 Å². The SMILES string of the molecule is Cc1c(C(=O)NCc2cccnc2)oc2ncnn12. The van der Waals surface area contributed by atoms with Crippen molar-refractivity contribution >= 4 is 11.8 Å². The van der Waals surface area contributed by atoms with E-state index in [0.717, 1.165) is 5.56 Å². The number of nitrogens with zero attached hydrogens (tertiary/aromatic N) is 4. The van der Waals surface area contributed by atoms with Crippen LogP contribution in [0, 0.1) is 6.92 Å². The van der Waals surface area contributed by atoms with Crippen LogP contribution in [-0.2, 0) is 6.54 Å². The molecular formula is C12H11N5O2. The van der Waals surface area contributed by atoms with E-state index in [-0.39, 0.29) is 11.7 Å². The van der Waals surface area contributed by atoms with Gasteiger partial charge in [0, 0.05) is 18.9 Å². The topological polar surface area (TPSA) is 85.3 Å². The molecule has 3 heterocycles. The van der Waals surface area contributed by atoms with Crippen molar-refractivity contribution < 1.29 is 9.21 Å². The van der Waals surface area contributed by atoms with E-state index in [9.17, 15) is 4.79 Å². The predicted octanol–water partition coefficient (Wildman–Crippen LogP) is 0.956. The molecule has 0 unspecified atom stereocenters. The second kappa shape index (κ2) is 4.52. The Morgan fingerprint density at radius 1 is 1.53 bits per heavy atom. The van der Waals surface area contributed by atoms with Crippen LogP contribution >= 0.6 is 0 Å². The lowest BCUT2D eigenvalue weighted by Gasteiger charge is -2.02. The van der Waals surface area contributed by atoms with Crippen LogP contribution in [0.2, 0.25) is 0 Å². The van der Waals surface area contributed by atoms with Gasteiger partial charge in [-0.05, 0) is 18.6 Å². The molecule has 0 fully saturated rings. The van der Waals surface area contributed by atoms with Crippen molar-refractivity contribution in [3.63, 3.8) is 0 Å². The Labute approximate surface area is 108 Å². The molecule has 19 heavy (non-hydrogen) atoms. The third-order valence-corrected chi connectivity index (χ3v) is 2.74. The Morgan fingerprint density at radius 2 is 2.42 bits per heavy atom. The van der Waals surface area contributed by atoms with Crippen LogP contribution in [0.1, 0.15) is 21.8 Å². The van der Waals surface area contributed by atoms with Gasteiger partial charge in [0.25, 0.3) is 5.91 Å². The average Bonchev–Trinajstić information content (AvgIpc) is 3.01. The quantitative estimate of drug-likeness (QED) is 0.755. The number of rotatable bonds is 3. The van der Waals surface area contributed by atoms with Gasteiger partial charge in [0.1, 0.15) is 6.33 Å². The summed E-state index contributed by atoms with van der Waals surface area (Å²) >= 11 is 0. The molecule has 0 saturated heterocycles. The van der Waals surface area contributed by atoms with E-state index in [1.54, 1.807) is 19.3 Å². The maximum atomic E-state index is 12.0. The normalized spacial score (nSPS) is 10.8.